The molecule has 0 saturated heterocycles. The highest BCUT2D eigenvalue weighted by Crippen LogP contribution is 2.25. The molecule has 118 valence electrons. The standard InChI is InChI=1S/C15H27N5O/c1-4-10-21-15-19-13(16-5-2)18-14(20-15)17-12-8-6-11(3)7-9-12/h11-12H,4-10H2,1-3H3,(H2,16,17,18,19,20). The lowest BCUT2D eigenvalue weighted by atomic mass is 9.87. The van der Waals surface area contributed by atoms with E-state index in [9.17, 15) is 0 Å². The number of hydrogen-bond donors (Lipinski definition) is 2. The van der Waals surface area contributed by atoms with Crippen LogP contribution in [0.25, 0.3) is 0 Å². The van der Waals surface area contributed by atoms with E-state index in [4.69, 9.17) is 4.74 Å². The smallest absolute Gasteiger partial charge is 0.323 e. The molecular formula is C15H27N5O. The normalized spacial score (nSPS) is 21.9. The van der Waals surface area contributed by atoms with Crippen molar-refractivity contribution in [3.63, 3.8) is 0 Å². The van der Waals surface area contributed by atoms with Crippen molar-refractivity contribution in [3.8, 4) is 6.01 Å². The molecule has 6 nitrogen and oxygen atoms in total. The zero-order valence-electron chi connectivity index (χ0n) is 13.4. The van der Waals surface area contributed by atoms with Crippen LogP contribution in [0.3, 0.4) is 0 Å². The van der Waals surface area contributed by atoms with Gasteiger partial charge in [-0.2, -0.15) is 15.0 Å². The third kappa shape index (κ3) is 5.02. The minimum atomic E-state index is 0.398. The van der Waals surface area contributed by atoms with Gasteiger partial charge < -0.3 is 15.4 Å². The van der Waals surface area contributed by atoms with Crippen molar-refractivity contribution in [2.75, 3.05) is 23.8 Å². The Hall–Kier alpha value is -1.59. The molecule has 0 amide bonds. The summed E-state index contributed by atoms with van der Waals surface area (Å²) in [5.74, 6) is 2.03. The van der Waals surface area contributed by atoms with Crippen LogP contribution in [0.1, 0.15) is 52.9 Å². The molecule has 6 heteroatoms. The van der Waals surface area contributed by atoms with Crippen molar-refractivity contribution in [1.82, 2.24) is 15.0 Å². The summed E-state index contributed by atoms with van der Waals surface area (Å²) in [4.78, 5) is 13.1. The number of aromatic nitrogens is 3. The lowest BCUT2D eigenvalue weighted by Crippen LogP contribution is -2.26. The van der Waals surface area contributed by atoms with E-state index in [0.29, 0.717) is 30.6 Å². The van der Waals surface area contributed by atoms with E-state index in [1.807, 2.05) is 6.92 Å². The van der Waals surface area contributed by atoms with Gasteiger partial charge in [-0.05, 0) is 44.9 Å². The van der Waals surface area contributed by atoms with Crippen LogP contribution in [0.4, 0.5) is 11.9 Å². The number of anilines is 2. The first kappa shape index (κ1) is 15.8. The van der Waals surface area contributed by atoms with Gasteiger partial charge in [0.15, 0.2) is 0 Å². The van der Waals surface area contributed by atoms with Crippen LogP contribution in [0.5, 0.6) is 6.01 Å². The zero-order chi connectivity index (χ0) is 15.1. The predicted octanol–water partition coefficient (Wildman–Crippen LogP) is 3.08. The summed E-state index contributed by atoms with van der Waals surface area (Å²) in [6.07, 6.45) is 5.82. The van der Waals surface area contributed by atoms with Crippen LogP contribution < -0.4 is 15.4 Å². The van der Waals surface area contributed by atoms with E-state index < -0.39 is 0 Å². The first-order valence-electron chi connectivity index (χ1n) is 8.10. The van der Waals surface area contributed by atoms with Crippen molar-refractivity contribution in [3.05, 3.63) is 0 Å². The van der Waals surface area contributed by atoms with E-state index >= 15 is 0 Å². The molecule has 1 saturated carbocycles. The Balaban J connectivity index is 2.03. The van der Waals surface area contributed by atoms with E-state index in [1.165, 1.54) is 25.7 Å². The van der Waals surface area contributed by atoms with Gasteiger partial charge in [0.25, 0.3) is 0 Å². The van der Waals surface area contributed by atoms with Crippen LogP contribution in [-0.2, 0) is 0 Å². The van der Waals surface area contributed by atoms with Crippen LogP contribution in [0.2, 0.25) is 0 Å². The number of ether oxygens (including phenoxy) is 1. The van der Waals surface area contributed by atoms with Crippen molar-refractivity contribution >= 4 is 11.9 Å². The molecular weight excluding hydrogens is 266 g/mol. The lowest BCUT2D eigenvalue weighted by molar-refractivity contribution is 0.292. The Labute approximate surface area is 127 Å². The Morgan fingerprint density at radius 2 is 1.76 bits per heavy atom. The van der Waals surface area contributed by atoms with Gasteiger partial charge in [0.2, 0.25) is 11.9 Å². The fourth-order valence-electron chi connectivity index (χ4n) is 2.50. The molecule has 0 unspecified atom stereocenters. The predicted molar refractivity (Wildman–Crippen MR) is 84.8 cm³/mol. The third-order valence-electron chi connectivity index (χ3n) is 3.73. The number of hydrogen-bond acceptors (Lipinski definition) is 6. The fraction of sp³-hybridized carbons (Fsp3) is 0.800. The van der Waals surface area contributed by atoms with Crippen molar-refractivity contribution in [2.45, 2.75) is 58.9 Å². The second-order valence-corrected chi connectivity index (χ2v) is 5.75. The van der Waals surface area contributed by atoms with E-state index in [1.54, 1.807) is 0 Å². The van der Waals surface area contributed by atoms with Gasteiger partial charge in [0.1, 0.15) is 0 Å². The molecule has 2 N–H and O–H groups in total. The highest BCUT2D eigenvalue weighted by atomic mass is 16.5. The quantitative estimate of drug-likeness (QED) is 0.805. The van der Waals surface area contributed by atoms with Crippen LogP contribution in [0, 0.1) is 5.92 Å². The van der Waals surface area contributed by atoms with Gasteiger partial charge in [-0.15, -0.1) is 0 Å². The number of nitrogens with one attached hydrogen (secondary N) is 2. The molecule has 1 aromatic rings. The fourth-order valence-corrected chi connectivity index (χ4v) is 2.50. The summed E-state index contributed by atoms with van der Waals surface area (Å²) < 4.78 is 5.55. The molecule has 1 fully saturated rings. The molecule has 0 aromatic carbocycles. The second kappa shape index (κ2) is 8.00. The van der Waals surface area contributed by atoms with E-state index in [0.717, 1.165) is 18.9 Å². The molecule has 1 aliphatic carbocycles. The van der Waals surface area contributed by atoms with Gasteiger partial charge in [-0.3, -0.25) is 0 Å². The monoisotopic (exact) mass is 293 g/mol. The topological polar surface area (TPSA) is 72.0 Å². The zero-order valence-corrected chi connectivity index (χ0v) is 13.4. The summed E-state index contributed by atoms with van der Waals surface area (Å²) in [5, 5.41) is 6.56. The molecule has 1 heterocycles. The maximum absolute atomic E-state index is 5.55. The van der Waals surface area contributed by atoms with Gasteiger partial charge in [-0.1, -0.05) is 13.8 Å². The first-order chi connectivity index (χ1) is 10.2. The molecule has 0 atom stereocenters. The highest BCUT2D eigenvalue weighted by Gasteiger charge is 2.19. The summed E-state index contributed by atoms with van der Waals surface area (Å²) in [5.41, 5.74) is 0. The van der Waals surface area contributed by atoms with Gasteiger partial charge in [-0.25, -0.2) is 0 Å². The van der Waals surface area contributed by atoms with Gasteiger partial charge in [0, 0.05) is 12.6 Å². The largest absolute Gasteiger partial charge is 0.463 e. The highest BCUT2D eigenvalue weighted by molar-refractivity contribution is 5.36. The van der Waals surface area contributed by atoms with Crippen molar-refractivity contribution in [2.24, 2.45) is 5.92 Å². The minimum Gasteiger partial charge on any atom is -0.463 e. The second-order valence-electron chi connectivity index (χ2n) is 5.75. The van der Waals surface area contributed by atoms with Crippen LogP contribution >= 0.6 is 0 Å². The maximum Gasteiger partial charge on any atom is 0.323 e. The Kier molecular flexibility index (Phi) is 6.02. The molecule has 0 spiro atoms. The molecule has 0 radical (unpaired) electrons. The van der Waals surface area contributed by atoms with Crippen molar-refractivity contribution < 1.29 is 4.74 Å². The molecule has 2 rings (SSSR count). The molecule has 0 aliphatic heterocycles. The Morgan fingerprint density at radius 1 is 1.05 bits per heavy atom. The Bertz CT molecular complexity index is 432. The summed E-state index contributed by atoms with van der Waals surface area (Å²) in [6, 6.07) is 0.853. The number of nitrogens with zero attached hydrogens (tertiary/aromatic N) is 3. The van der Waals surface area contributed by atoms with Crippen molar-refractivity contribution in [1.29, 1.82) is 0 Å². The summed E-state index contributed by atoms with van der Waals surface area (Å²) >= 11 is 0. The van der Waals surface area contributed by atoms with Gasteiger partial charge >= 0.3 is 6.01 Å². The minimum absolute atomic E-state index is 0.398. The van der Waals surface area contributed by atoms with E-state index in [-0.39, 0.29) is 0 Å². The van der Waals surface area contributed by atoms with E-state index in [2.05, 4.69) is 39.4 Å². The lowest BCUT2D eigenvalue weighted by Gasteiger charge is -2.26. The molecule has 1 aromatic heterocycles. The summed E-state index contributed by atoms with van der Waals surface area (Å²) in [7, 11) is 0. The first-order valence-corrected chi connectivity index (χ1v) is 8.10. The molecule has 1 aliphatic rings. The molecule has 0 bridgehead atoms. The average Bonchev–Trinajstić information content (AvgIpc) is 2.48. The molecule has 21 heavy (non-hydrogen) atoms. The SMILES string of the molecule is CCCOc1nc(NCC)nc(NC2CCC(C)CC2)n1. The van der Waals surface area contributed by atoms with Crippen LogP contribution in [0.15, 0.2) is 0 Å². The third-order valence-corrected chi connectivity index (χ3v) is 3.73. The Morgan fingerprint density at radius 3 is 2.43 bits per heavy atom. The number of rotatable bonds is 7. The summed E-state index contributed by atoms with van der Waals surface area (Å²) in [6.45, 7) is 7.80. The maximum atomic E-state index is 5.55. The van der Waals surface area contributed by atoms with Gasteiger partial charge in [0.05, 0.1) is 6.61 Å². The van der Waals surface area contributed by atoms with Crippen LogP contribution in [-0.4, -0.2) is 34.1 Å². The average molecular weight is 293 g/mol.